The number of halogens is 1. The van der Waals surface area contributed by atoms with Gasteiger partial charge in [-0.3, -0.25) is 0 Å². The van der Waals surface area contributed by atoms with Gasteiger partial charge in [0.1, 0.15) is 0 Å². The van der Waals surface area contributed by atoms with E-state index in [1.807, 2.05) is 0 Å². The van der Waals surface area contributed by atoms with E-state index in [4.69, 9.17) is 0 Å². The average Bonchev–Trinajstić information content (AvgIpc) is 2.33. The highest BCUT2D eigenvalue weighted by Gasteiger charge is 2.22. The first-order valence-corrected chi connectivity index (χ1v) is 4.96. The number of allylic oxidation sites excluding steroid dienone is 2. The molecule has 0 saturated heterocycles. The van der Waals surface area contributed by atoms with Gasteiger partial charge in [-0.15, -0.1) is 0 Å². The van der Waals surface area contributed by atoms with Gasteiger partial charge in [-0.1, -0.05) is 47.1 Å². The van der Waals surface area contributed by atoms with Gasteiger partial charge < -0.3 is 0 Å². The molecule has 0 bridgehead atoms. The molecule has 0 aromatic heterocycles. The molecule has 62 valence electrons. The molecular weight excluding hydrogens is 212 g/mol. The summed E-state index contributed by atoms with van der Waals surface area (Å²) in [4.78, 5) is 0. The van der Waals surface area contributed by atoms with Crippen LogP contribution in [-0.4, -0.2) is 0 Å². The number of fused-ring (bicyclic) bond motifs is 1. The molecule has 1 unspecified atom stereocenters. The molecular formula is C11H11Br. The molecule has 2 rings (SSSR count). The molecule has 0 fully saturated rings. The van der Waals surface area contributed by atoms with Crippen LogP contribution in [-0.2, 0) is 0 Å². The monoisotopic (exact) mass is 222 g/mol. The highest BCUT2D eigenvalue weighted by molar-refractivity contribution is 9.11. The second-order valence-corrected chi connectivity index (χ2v) is 4.14. The van der Waals surface area contributed by atoms with Crippen LogP contribution in [0.4, 0.5) is 0 Å². The molecule has 1 aliphatic carbocycles. The SMILES string of the molecule is CC1=C(Br)C(C)c2ccccc21. The van der Waals surface area contributed by atoms with Crippen molar-refractivity contribution in [2.75, 3.05) is 0 Å². The van der Waals surface area contributed by atoms with E-state index < -0.39 is 0 Å². The maximum atomic E-state index is 3.63. The Morgan fingerprint density at radius 3 is 2.58 bits per heavy atom. The highest BCUT2D eigenvalue weighted by atomic mass is 79.9. The van der Waals surface area contributed by atoms with Crippen LogP contribution in [0.15, 0.2) is 28.7 Å². The van der Waals surface area contributed by atoms with E-state index in [1.54, 1.807) is 0 Å². The van der Waals surface area contributed by atoms with Crippen molar-refractivity contribution in [3.8, 4) is 0 Å². The predicted molar refractivity (Wildman–Crippen MR) is 56.4 cm³/mol. The lowest BCUT2D eigenvalue weighted by Crippen LogP contribution is -1.87. The van der Waals surface area contributed by atoms with Crippen LogP contribution in [0.25, 0.3) is 5.57 Å². The van der Waals surface area contributed by atoms with Gasteiger partial charge in [0.25, 0.3) is 0 Å². The van der Waals surface area contributed by atoms with Gasteiger partial charge in [-0.05, 0) is 23.6 Å². The summed E-state index contributed by atoms with van der Waals surface area (Å²) in [7, 11) is 0. The molecule has 1 aliphatic rings. The average molecular weight is 223 g/mol. The van der Waals surface area contributed by atoms with E-state index in [2.05, 4.69) is 54.0 Å². The lowest BCUT2D eigenvalue weighted by molar-refractivity contribution is 0.979. The van der Waals surface area contributed by atoms with Crippen LogP contribution in [0.3, 0.4) is 0 Å². The second-order valence-electron chi connectivity index (χ2n) is 3.28. The van der Waals surface area contributed by atoms with Crippen molar-refractivity contribution in [1.82, 2.24) is 0 Å². The van der Waals surface area contributed by atoms with Crippen molar-refractivity contribution in [3.63, 3.8) is 0 Å². The van der Waals surface area contributed by atoms with E-state index in [9.17, 15) is 0 Å². The fourth-order valence-electron chi connectivity index (χ4n) is 1.81. The Balaban J connectivity index is 2.65. The van der Waals surface area contributed by atoms with Gasteiger partial charge in [0.05, 0.1) is 0 Å². The summed E-state index contributed by atoms with van der Waals surface area (Å²) in [5.74, 6) is 0.543. The molecule has 0 nitrogen and oxygen atoms in total. The van der Waals surface area contributed by atoms with Gasteiger partial charge >= 0.3 is 0 Å². The molecule has 1 atom stereocenters. The molecule has 0 heterocycles. The largest absolute Gasteiger partial charge is 0.0619 e. The first kappa shape index (κ1) is 8.06. The first-order chi connectivity index (χ1) is 5.72. The van der Waals surface area contributed by atoms with Crippen LogP contribution < -0.4 is 0 Å². The summed E-state index contributed by atoms with van der Waals surface area (Å²) >= 11 is 3.63. The molecule has 1 aromatic rings. The van der Waals surface area contributed by atoms with Crippen molar-refractivity contribution in [3.05, 3.63) is 39.9 Å². The molecule has 0 radical (unpaired) electrons. The van der Waals surface area contributed by atoms with Crippen LogP contribution in [0.5, 0.6) is 0 Å². The molecule has 0 spiro atoms. The zero-order chi connectivity index (χ0) is 8.72. The Morgan fingerprint density at radius 2 is 1.92 bits per heavy atom. The Kier molecular flexibility index (Phi) is 1.84. The Morgan fingerprint density at radius 1 is 1.25 bits per heavy atom. The minimum absolute atomic E-state index is 0.543. The molecule has 0 N–H and O–H groups in total. The Hall–Kier alpha value is -0.560. The maximum absolute atomic E-state index is 3.63. The topological polar surface area (TPSA) is 0 Å². The zero-order valence-electron chi connectivity index (χ0n) is 7.26. The standard InChI is InChI=1S/C11H11Br/c1-7-9-5-3-4-6-10(9)8(2)11(7)12/h3-7H,1-2H3. The van der Waals surface area contributed by atoms with Crippen LogP contribution in [0, 0.1) is 0 Å². The van der Waals surface area contributed by atoms with E-state index in [-0.39, 0.29) is 0 Å². The molecule has 1 heteroatoms. The first-order valence-electron chi connectivity index (χ1n) is 4.17. The van der Waals surface area contributed by atoms with Gasteiger partial charge in [0.15, 0.2) is 0 Å². The van der Waals surface area contributed by atoms with Crippen LogP contribution in [0.2, 0.25) is 0 Å². The molecule has 0 amide bonds. The van der Waals surface area contributed by atoms with E-state index >= 15 is 0 Å². The van der Waals surface area contributed by atoms with Gasteiger partial charge in [0, 0.05) is 10.4 Å². The fourth-order valence-corrected chi connectivity index (χ4v) is 2.27. The third-order valence-corrected chi connectivity index (χ3v) is 3.85. The van der Waals surface area contributed by atoms with Gasteiger partial charge in [-0.25, -0.2) is 0 Å². The summed E-state index contributed by atoms with van der Waals surface area (Å²) in [5.41, 5.74) is 4.23. The third kappa shape index (κ3) is 0.962. The minimum atomic E-state index is 0.543. The lowest BCUT2D eigenvalue weighted by Gasteiger charge is -2.04. The fraction of sp³-hybridized carbons (Fsp3) is 0.273. The van der Waals surface area contributed by atoms with E-state index in [1.165, 1.54) is 21.2 Å². The lowest BCUT2D eigenvalue weighted by atomic mass is 10.0. The summed E-state index contributed by atoms with van der Waals surface area (Å²) < 4.78 is 1.34. The summed E-state index contributed by atoms with van der Waals surface area (Å²) in [6, 6.07) is 8.60. The van der Waals surface area contributed by atoms with Crippen LogP contribution >= 0.6 is 15.9 Å². The van der Waals surface area contributed by atoms with Crippen molar-refractivity contribution >= 4 is 21.5 Å². The smallest absolute Gasteiger partial charge is 0.0136 e. The maximum Gasteiger partial charge on any atom is 0.0136 e. The Bertz CT molecular complexity index is 350. The normalized spacial score (nSPS) is 21.4. The number of hydrogen-bond acceptors (Lipinski definition) is 0. The van der Waals surface area contributed by atoms with E-state index in [0.717, 1.165) is 0 Å². The minimum Gasteiger partial charge on any atom is -0.0619 e. The second kappa shape index (κ2) is 2.74. The number of benzene rings is 1. The third-order valence-electron chi connectivity index (χ3n) is 2.57. The van der Waals surface area contributed by atoms with Gasteiger partial charge in [-0.2, -0.15) is 0 Å². The zero-order valence-corrected chi connectivity index (χ0v) is 8.85. The summed E-state index contributed by atoms with van der Waals surface area (Å²) in [6.45, 7) is 4.41. The van der Waals surface area contributed by atoms with E-state index in [0.29, 0.717) is 5.92 Å². The van der Waals surface area contributed by atoms with Crippen molar-refractivity contribution in [2.45, 2.75) is 19.8 Å². The number of hydrogen-bond donors (Lipinski definition) is 0. The molecule has 12 heavy (non-hydrogen) atoms. The molecule has 1 aromatic carbocycles. The van der Waals surface area contributed by atoms with Gasteiger partial charge in [0.2, 0.25) is 0 Å². The van der Waals surface area contributed by atoms with Crippen molar-refractivity contribution in [2.24, 2.45) is 0 Å². The molecule has 0 saturated carbocycles. The number of rotatable bonds is 0. The van der Waals surface area contributed by atoms with Crippen LogP contribution in [0.1, 0.15) is 30.9 Å². The highest BCUT2D eigenvalue weighted by Crippen LogP contribution is 2.43. The summed E-state index contributed by atoms with van der Waals surface area (Å²) in [5, 5.41) is 0. The predicted octanol–water partition coefficient (Wildman–Crippen LogP) is 3.93. The van der Waals surface area contributed by atoms with Crippen molar-refractivity contribution in [1.29, 1.82) is 0 Å². The Labute approximate surface area is 81.4 Å². The van der Waals surface area contributed by atoms with Crippen molar-refractivity contribution < 1.29 is 0 Å². The quantitative estimate of drug-likeness (QED) is 0.625. The summed E-state index contributed by atoms with van der Waals surface area (Å²) in [6.07, 6.45) is 0. The molecule has 0 aliphatic heterocycles.